The molecule has 0 aliphatic carbocycles. The summed E-state index contributed by atoms with van der Waals surface area (Å²) in [7, 11) is 0. The Kier molecular flexibility index (Phi) is 4.34. The third-order valence-corrected chi connectivity index (χ3v) is 3.08. The minimum absolute atomic E-state index is 0.00368. The van der Waals surface area contributed by atoms with E-state index in [2.05, 4.69) is 6.58 Å². The lowest BCUT2D eigenvalue weighted by Gasteiger charge is -2.22. The van der Waals surface area contributed by atoms with Crippen molar-refractivity contribution in [1.82, 2.24) is 0 Å². The number of ether oxygens (including phenoxy) is 1. The molecule has 1 atom stereocenters. The lowest BCUT2D eigenvalue weighted by molar-refractivity contribution is -0.138. The van der Waals surface area contributed by atoms with Gasteiger partial charge in [-0.1, -0.05) is 24.3 Å². The second-order valence-electron chi connectivity index (χ2n) is 4.59. The van der Waals surface area contributed by atoms with Crippen LogP contribution in [0.5, 0.6) is 0 Å². The number of rotatable bonds is 5. The zero-order valence-corrected chi connectivity index (χ0v) is 10.7. The lowest BCUT2D eigenvalue weighted by atomic mass is 10.0. The van der Waals surface area contributed by atoms with Crippen molar-refractivity contribution in [3.63, 3.8) is 0 Å². The average Bonchev–Trinajstić information content (AvgIpc) is 2.82. The number of benzene rings is 1. The highest BCUT2D eigenvalue weighted by Gasteiger charge is 2.27. The summed E-state index contributed by atoms with van der Waals surface area (Å²) in [6.45, 7) is 4.49. The number of hydrogen-bond donors (Lipinski definition) is 0. The van der Waals surface area contributed by atoms with Crippen molar-refractivity contribution in [2.75, 3.05) is 18.1 Å². The average molecular weight is 259 g/mol. The molecule has 0 saturated carbocycles. The van der Waals surface area contributed by atoms with Gasteiger partial charge in [0.1, 0.15) is 0 Å². The van der Waals surface area contributed by atoms with E-state index in [4.69, 9.17) is 4.74 Å². The second-order valence-corrected chi connectivity index (χ2v) is 4.59. The number of esters is 1. The van der Waals surface area contributed by atoms with Crippen molar-refractivity contribution in [1.29, 1.82) is 0 Å². The van der Waals surface area contributed by atoms with Gasteiger partial charge in [0.15, 0.2) is 0 Å². The maximum Gasteiger partial charge on any atom is 0.306 e. The Morgan fingerprint density at radius 1 is 1.42 bits per heavy atom. The minimum Gasteiger partial charge on any atom is -0.465 e. The molecule has 1 aromatic carbocycles. The quantitative estimate of drug-likeness (QED) is 0.601. The van der Waals surface area contributed by atoms with Crippen LogP contribution in [0.3, 0.4) is 0 Å². The van der Waals surface area contributed by atoms with Crippen molar-refractivity contribution in [2.45, 2.75) is 12.8 Å². The highest BCUT2D eigenvalue weighted by molar-refractivity contribution is 5.94. The number of carbonyl (C=O) groups is 2. The predicted molar refractivity (Wildman–Crippen MR) is 72.7 cm³/mol. The van der Waals surface area contributed by atoms with Gasteiger partial charge in [-0.15, -0.1) is 6.58 Å². The summed E-state index contributed by atoms with van der Waals surface area (Å²) in [4.78, 5) is 25.0. The molecule has 1 unspecified atom stereocenters. The van der Waals surface area contributed by atoms with Crippen LogP contribution in [0.1, 0.15) is 12.8 Å². The molecule has 1 amide bonds. The first kappa shape index (κ1) is 13.3. The van der Waals surface area contributed by atoms with Crippen LogP contribution in [-0.2, 0) is 14.3 Å². The van der Waals surface area contributed by atoms with Crippen LogP contribution >= 0.6 is 0 Å². The molecule has 0 N–H and O–H groups in total. The Labute approximate surface area is 112 Å². The summed E-state index contributed by atoms with van der Waals surface area (Å²) < 4.78 is 4.88. The molecule has 1 aliphatic heterocycles. The van der Waals surface area contributed by atoms with Gasteiger partial charge in [-0.3, -0.25) is 9.59 Å². The molecule has 1 saturated heterocycles. The highest BCUT2D eigenvalue weighted by atomic mass is 16.5. The molecule has 0 radical (unpaired) electrons. The summed E-state index contributed by atoms with van der Waals surface area (Å²) >= 11 is 0. The van der Waals surface area contributed by atoms with Gasteiger partial charge in [-0.2, -0.15) is 0 Å². The van der Waals surface area contributed by atoms with Crippen molar-refractivity contribution in [3.05, 3.63) is 43.0 Å². The van der Waals surface area contributed by atoms with Crippen LogP contribution in [0.15, 0.2) is 43.0 Å². The summed E-state index contributed by atoms with van der Waals surface area (Å²) in [6.07, 6.45) is 2.36. The van der Waals surface area contributed by atoms with Crippen molar-refractivity contribution in [2.24, 2.45) is 5.92 Å². The SMILES string of the molecule is C=CCN(C(=O)CC1COC(=O)C1)c1ccccc1. The molecule has 100 valence electrons. The first-order valence-electron chi connectivity index (χ1n) is 6.32. The summed E-state index contributed by atoms with van der Waals surface area (Å²) in [5.74, 6) is -0.224. The van der Waals surface area contributed by atoms with Crippen molar-refractivity contribution in [3.8, 4) is 0 Å². The van der Waals surface area contributed by atoms with E-state index in [1.165, 1.54) is 0 Å². The fourth-order valence-electron chi connectivity index (χ4n) is 2.14. The van der Waals surface area contributed by atoms with Gasteiger partial charge in [-0.05, 0) is 12.1 Å². The fourth-order valence-corrected chi connectivity index (χ4v) is 2.14. The van der Waals surface area contributed by atoms with Gasteiger partial charge in [0.05, 0.1) is 13.0 Å². The van der Waals surface area contributed by atoms with E-state index in [0.29, 0.717) is 26.0 Å². The van der Waals surface area contributed by atoms with Crippen LogP contribution in [-0.4, -0.2) is 25.0 Å². The molecule has 4 nitrogen and oxygen atoms in total. The minimum atomic E-state index is -0.215. The number of amides is 1. The Morgan fingerprint density at radius 3 is 2.74 bits per heavy atom. The van der Waals surface area contributed by atoms with Crippen molar-refractivity contribution < 1.29 is 14.3 Å². The molecule has 19 heavy (non-hydrogen) atoms. The fraction of sp³-hybridized carbons (Fsp3) is 0.333. The van der Waals surface area contributed by atoms with Gasteiger partial charge >= 0.3 is 5.97 Å². The van der Waals surface area contributed by atoms with Gasteiger partial charge in [0.25, 0.3) is 0 Å². The molecule has 1 aliphatic rings. The maximum absolute atomic E-state index is 12.3. The summed E-state index contributed by atoms with van der Waals surface area (Å²) in [6, 6.07) is 9.46. The van der Waals surface area contributed by atoms with Crippen LogP contribution in [0.4, 0.5) is 5.69 Å². The third kappa shape index (κ3) is 3.44. The first-order valence-corrected chi connectivity index (χ1v) is 6.32. The zero-order valence-electron chi connectivity index (χ0n) is 10.7. The Hall–Kier alpha value is -2.10. The predicted octanol–water partition coefficient (Wildman–Crippen LogP) is 2.16. The number of nitrogens with zero attached hydrogens (tertiary/aromatic N) is 1. The van der Waals surface area contributed by atoms with E-state index in [9.17, 15) is 9.59 Å². The van der Waals surface area contributed by atoms with E-state index in [1.54, 1.807) is 11.0 Å². The van der Waals surface area contributed by atoms with Gasteiger partial charge < -0.3 is 9.64 Å². The second kappa shape index (κ2) is 6.18. The molecule has 1 heterocycles. The van der Waals surface area contributed by atoms with E-state index >= 15 is 0 Å². The number of carbonyl (C=O) groups excluding carboxylic acids is 2. The molecule has 1 aromatic rings. The molecular weight excluding hydrogens is 242 g/mol. The van der Waals surface area contributed by atoms with Crippen molar-refractivity contribution >= 4 is 17.6 Å². The van der Waals surface area contributed by atoms with Crippen LogP contribution in [0, 0.1) is 5.92 Å². The summed E-state index contributed by atoms with van der Waals surface area (Å²) in [5.41, 5.74) is 0.845. The van der Waals surface area contributed by atoms with Gasteiger partial charge in [0, 0.05) is 24.6 Å². The van der Waals surface area contributed by atoms with E-state index < -0.39 is 0 Å². The molecule has 0 bridgehead atoms. The largest absolute Gasteiger partial charge is 0.465 e. The lowest BCUT2D eigenvalue weighted by Crippen LogP contribution is -2.32. The summed E-state index contributed by atoms with van der Waals surface area (Å²) in [5, 5.41) is 0. The number of anilines is 1. The van der Waals surface area contributed by atoms with Crippen LogP contribution in [0.25, 0.3) is 0 Å². The number of hydrogen-bond acceptors (Lipinski definition) is 3. The highest BCUT2D eigenvalue weighted by Crippen LogP contribution is 2.21. The maximum atomic E-state index is 12.3. The van der Waals surface area contributed by atoms with Crippen LogP contribution < -0.4 is 4.90 Å². The third-order valence-electron chi connectivity index (χ3n) is 3.08. The topological polar surface area (TPSA) is 46.6 Å². The van der Waals surface area contributed by atoms with Crippen LogP contribution in [0.2, 0.25) is 0 Å². The monoisotopic (exact) mass is 259 g/mol. The molecule has 1 fully saturated rings. The smallest absolute Gasteiger partial charge is 0.306 e. The Bertz CT molecular complexity index is 470. The molecular formula is C15H17NO3. The van der Waals surface area contributed by atoms with Gasteiger partial charge in [-0.25, -0.2) is 0 Å². The number of cyclic esters (lactones) is 1. The molecule has 4 heteroatoms. The normalized spacial score (nSPS) is 17.9. The van der Waals surface area contributed by atoms with E-state index in [1.807, 2.05) is 30.3 Å². The number of para-hydroxylation sites is 1. The Balaban J connectivity index is 2.04. The zero-order chi connectivity index (χ0) is 13.7. The molecule has 2 rings (SSSR count). The van der Waals surface area contributed by atoms with E-state index in [0.717, 1.165) is 5.69 Å². The standard InChI is InChI=1S/C15H17NO3/c1-2-8-16(13-6-4-3-5-7-13)14(17)9-12-10-15(18)19-11-12/h2-7,12H,1,8-11H2. The van der Waals surface area contributed by atoms with E-state index in [-0.39, 0.29) is 17.8 Å². The molecule has 0 aromatic heterocycles. The first-order chi connectivity index (χ1) is 9.20. The Morgan fingerprint density at radius 2 is 2.16 bits per heavy atom. The molecule has 0 spiro atoms. The van der Waals surface area contributed by atoms with Gasteiger partial charge in [0.2, 0.25) is 5.91 Å².